The van der Waals surface area contributed by atoms with Gasteiger partial charge in [0.15, 0.2) is 0 Å². The molecule has 0 spiro atoms. The van der Waals surface area contributed by atoms with Crippen molar-refractivity contribution < 1.29 is 19.5 Å². The molecule has 30 heavy (non-hydrogen) atoms. The highest BCUT2D eigenvalue weighted by Crippen LogP contribution is 2.24. The molecule has 0 fully saturated rings. The lowest BCUT2D eigenvalue weighted by molar-refractivity contribution is -0.136. The second kappa shape index (κ2) is 9.19. The van der Waals surface area contributed by atoms with Crippen molar-refractivity contribution in [2.24, 2.45) is 5.73 Å². The van der Waals surface area contributed by atoms with Gasteiger partial charge in [0.1, 0.15) is 5.69 Å². The van der Waals surface area contributed by atoms with Gasteiger partial charge in [-0.2, -0.15) is 0 Å². The van der Waals surface area contributed by atoms with Gasteiger partial charge in [-0.1, -0.05) is 48.0 Å². The van der Waals surface area contributed by atoms with Crippen LogP contribution < -0.4 is 11.1 Å². The van der Waals surface area contributed by atoms with Gasteiger partial charge < -0.3 is 16.2 Å². The lowest BCUT2D eigenvalue weighted by Gasteiger charge is -2.11. The summed E-state index contributed by atoms with van der Waals surface area (Å²) in [5.74, 6) is -1.98. The number of nitrogens with one attached hydrogen (secondary N) is 1. The third kappa shape index (κ3) is 5.42. The number of aromatic nitrogens is 1. The van der Waals surface area contributed by atoms with Crippen LogP contribution in [0.25, 0.3) is 11.3 Å². The zero-order valence-corrected chi connectivity index (χ0v) is 16.5. The first-order valence-corrected chi connectivity index (χ1v) is 9.36. The molecule has 0 unspecified atom stereocenters. The first-order chi connectivity index (χ1) is 14.3. The van der Waals surface area contributed by atoms with E-state index in [9.17, 15) is 14.4 Å². The SMILES string of the molecule is NC(=O)Cc1cccc(-c2cc(Cl)cc(C(=O)Nc3ccccc3CC(=O)O)n2)c1. The number of nitrogens with zero attached hydrogens (tertiary/aromatic N) is 1. The van der Waals surface area contributed by atoms with Crippen LogP contribution in [0.1, 0.15) is 21.6 Å². The van der Waals surface area contributed by atoms with Gasteiger partial charge in [-0.25, -0.2) is 4.98 Å². The highest BCUT2D eigenvalue weighted by atomic mass is 35.5. The molecule has 2 aromatic carbocycles. The molecule has 0 atom stereocenters. The van der Waals surface area contributed by atoms with Crippen LogP contribution in [-0.4, -0.2) is 27.9 Å². The predicted octanol–water partition coefficient (Wildman–Crippen LogP) is 3.31. The van der Waals surface area contributed by atoms with E-state index >= 15 is 0 Å². The van der Waals surface area contributed by atoms with Crippen molar-refractivity contribution in [1.29, 1.82) is 0 Å². The number of pyridine rings is 1. The summed E-state index contributed by atoms with van der Waals surface area (Å²) < 4.78 is 0. The maximum atomic E-state index is 12.8. The largest absolute Gasteiger partial charge is 0.481 e. The number of carboxylic acid groups (broad SMARTS) is 1. The van der Waals surface area contributed by atoms with E-state index in [1.807, 2.05) is 0 Å². The van der Waals surface area contributed by atoms with E-state index in [4.69, 9.17) is 22.4 Å². The summed E-state index contributed by atoms with van der Waals surface area (Å²) in [6.45, 7) is 0. The first kappa shape index (κ1) is 21.0. The summed E-state index contributed by atoms with van der Waals surface area (Å²) >= 11 is 6.20. The molecule has 0 saturated heterocycles. The second-order valence-electron chi connectivity index (χ2n) is 6.58. The zero-order chi connectivity index (χ0) is 21.7. The average Bonchev–Trinajstić information content (AvgIpc) is 2.68. The van der Waals surface area contributed by atoms with Crippen molar-refractivity contribution in [2.45, 2.75) is 12.8 Å². The number of carbonyl (C=O) groups excluding carboxylic acids is 2. The Bertz CT molecular complexity index is 1130. The monoisotopic (exact) mass is 423 g/mol. The first-order valence-electron chi connectivity index (χ1n) is 8.98. The van der Waals surface area contributed by atoms with Crippen molar-refractivity contribution >= 4 is 35.1 Å². The maximum absolute atomic E-state index is 12.8. The van der Waals surface area contributed by atoms with Gasteiger partial charge in [0.05, 0.1) is 18.5 Å². The Hall–Kier alpha value is -3.71. The second-order valence-corrected chi connectivity index (χ2v) is 7.02. The molecule has 3 rings (SSSR count). The van der Waals surface area contributed by atoms with Gasteiger partial charge in [0.2, 0.25) is 5.91 Å². The fourth-order valence-corrected chi connectivity index (χ4v) is 3.16. The van der Waals surface area contributed by atoms with Crippen LogP contribution in [0.4, 0.5) is 5.69 Å². The molecule has 2 amide bonds. The van der Waals surface area contributed by atoms with E-state index in [-0.39, 0.29) is 18.5 Å². The lowest BCUT2D eigenvalue weighted by atomic mass is 10.0. The van der Waals surface area contributed by atoms with Gasteiger partial charge >= 0.3 is 5.97 Å². The third-order valence-corrected chi connectivity index (χ3v) is 4.45. The maximum Gasteiger partial charge on any atom is 0.307 e. The molecule has 0 aliphatic carbocycles. The highest BCUT2D eigenvalue weighted by molar-refractivity contribution is 6.31. The number of primary amides is 1. The van der Waals surface area contributed by atoms with Crippen LogP contribution >= 0.6 is 11.6 Å². The molecule has 0 saturated carbocycles. The molecule has 0 aliphatic heterocycles. The van der Waals surface area contributed by atoms with E-state index in [0.29, 0.717) is 27.5 Å². The molecule has 1 heterocycles. The predicted molar refractivity (Wildman–Crippen MR) is 113 cm³/mol. The van der Waals surface area contributed by atoms with Crippen molar-refractivity contribution in [3.8, 4) is 11.3 Å². The molecule has 1 aromatic heterocycles. The summed E-state index contributed by atoms with van der Waals surface area (Å²) in [7, 11) is 0. The topological polar surface area (TPSA) is 122 Å². The number of hydrogen-bond donors (Lipinski definition) is 3. The van der Waals surface area contributed by atoms with Gasteiger partial charge in [-0.05, 0) is 35.4 Å². The number of hydrogen-bond acceptors (Lipinski definition) is 4. The Balaban J connectivity index is 1.90. The number of anilines is 1. The average molecular weight is 424 g/mol. The number of rotatable bonds is 7. The molecule has 152 valence electrons. The van der Waals surface area contributed by atoms with Crippen LogP contribution in [0, 0.1) is 0 Å². The smallest absolute Gasteiger partial charge is 0.307 e. The lowest BCUT2D eigenvalue weighted by Crippen LogP contribution is -2.16. The molecule has 7 nitrogen and oxygen atoms in total. The molecular weight excluding hydrogens is 406 g/mol. The minimum Gasteiger partial charge on any atom is -0.481 e. The van der Waals surface area contributed by atoms with Gasteiger partial charge in [-0.3, -0.25) is 14.4 Å². The number of carboxylic acids is 1. The quantitative estimate of drug-likeness (QED) is 0.538. The fraction of sp³-hybridized carbons (Fsp3) is 0.0909. The van der Waals surface area contributed by atoms with Gasteiger partial charge in [0.25, 0.3) is 5.91 Å². The summed E-state index contributed by atoms with van der Waals surface area (Å²) in [5, 5.41) is 12.0. The van der Waals surface area contributed by atoms with Gasteiger partial charge in [0, 0.05) is 16.3 Å². The summed E-state index contributed by atoms with van der Waals surface area (Å²) in [6, 6.07) is 16.8. The number of amides is 2. The van der Waals surface area contributed by atoms with E-state index in [1.165, 1.54) is 6.07 Å². The normalized spacial score (nSPS) is 10.4. The molecule has 0 radical (unpaired) electrons. The van der Waals surface area contributed by atoms with Crippen molar-refractivity contribution in [3.63, 3.8) is 0 Å². The Morgan fingerprint density at radius 1 is 1.00 bits per heavy atom. The van der Waals surface area contributed by atoms with E-state index in [0.717, 1.165) is 5.56 Å². The Kier molecular flexibility index (Phi) is 6.44. The Labute approximate surface area is 177 Å². The van der Waals surface area contributed by atoms with Crippen LogP contribution in [0.5, 0.6) is 0 Å². The number of benzene rings is 2. The van der Waals surface area contributed by atoms with E-state index < -0.39 is 17.8 Å². The summed E-state index contributed by atoms with van der Waals surface area (Å²) in [4.78, 5) is 39.4. The number of halogens is 1. The van der Waals surface area contributed by atoms with Crippen molar-refractivity contribution in [1.82, 2.24) is 4.98 Å². The third-order valence-electron chi connectivity index (χ3n) is 4.23. The number of aliphatic carboxylic acids is 1. The van der Waals surface area contributed by atoms with Crippen LogP contribution in [0.2, 0.25) is 5.02 Å². The summed E-state index contributed by atoms with van der Waals surface area (Å²) in [6.07, 6.45) is -0.139. The van der Waals surface area contributed by atoms with E-state index in [2.05, 4.69) is 10.3 Å². The summed E-state index contributed by atoms with van der Waals surface area (Å²) in [5.41, 5.74) is 8.03. The van der Waals surface area contributed by atoms with Crippen molar-refractivity contribution in [3.05, 3.63) is 82.5 Å². The molecular formula is C22H18ClN3O4. The standard InChI is InChI=1S/C22H18ClN3O4/c23-16-11-18(14-6-3-4-13(8-14)9-20(24)27)25-19(12-16)22(30)26-17-7-2-1-5-15(17)10-21(28)29/h1-8,11-12H,9-10H2,(H2,24,27)(H,26,30)(H,28,29). The number of carbonyl (C=O) groups is 3. The van der Waals surface area contributed by atoms with Crippen LogP contribution in [0.3, 0.4) is 0 Å². The fourth-order valence-electron chi connectivity index (χ4n) is 2.95. The Morgan fingerprint density at radius 2 is 1.77 bits per heavy atom. The molecule has 0 aliphatic rings. The van der Waals surface area contributed by atoms with Crippen LogP contribution in [-0.2, 0) is 22.4 Å². The number of para-hydroxylation sites is 1. The van der Waals surface area contributed by atoms with E-state index in [1.54, 1.807) is 54.6 Å². The zero-order valence-electron chi connectivity index (χ0n) is 15.8. The minimum absolute atomic E-state index is 0.0722. The van der Waals surface area contributed by atoms with Gasteiger partial charge in [-0.15, -0.1) is 0 Å². The Morgan fingerprint density at radius 3 is 2.50 bits per heavy atom. The molecule has 3 aromatic rings. The van der Waals surface area contributed by atoms with Crippen LogP contribution in [0.15, 0.2) is 60.7 Å². The molecule has 8 heteroatoms. The van der Waals surface area contributed by atoms with Crippen molar-refractivity contribution in [2.75, 3.05) is 5.32 Å². The molecule has 4 N–H and O–H groups in total. The highest BCUT2D eigenvalue weighted by Gasteiger charge is 2.15. The molecule has 0 bridgehead atoms. The minimum atomic E-state index is -1.00. The number of nitrogens with two attached hydrogens (primary N) is 1.